The van der Waals surface area contributed by atoms with E-state index >= 15 is 0 Å². The van der Waals surface area contributed by atoms with Crippen LogP contribution in [0.1, 0.15) is 66.3 Å². The number of aryl methyl sites for hydroxylation is 3. The molecular weight excluding hydrogens is 442 g/mol. The summed E-state index contributed by atoms with van der Waals surface area (Å²) in [5.41, 5.74) is 8.67. The lowest BCUT2D eigenvalue weighted by molar-refractivity contribution is -0.00616. The number of aromatic hydroxyl groups is 1. The number of aliphatic imine (C=N–C) groups is 1. The third-order valence-electron chi connectivity index (χ3n) is 9.07. The monoisotopic (exact) mass is 479 g/mol. The molecule has 1 N–H and O–H groups in total. The lowest BCUT2D eigenvalue weighted by Crippen LogP contribution is -2.48. The average Bonchev–Trinajstić information content (AvgIpc) is 2.83. The van der Waals surface area contributed by atoms with E-state index in [9.17, 15) is 5.11 Å². The van der Waals surface area contributed by atoms with Crippen LogP contribution >= 0.6 is 0 Å². The zero-order valence-corrected chi connectivity index (χ0v) is 22.0. The average molecular weight is 480 g/mol. The van der Waals surface area contributed by atoms with Gasteiger partial charge in [0, 0.05) is 28.5 Å². The predicted molar refractivity (Wildman–Crippen MR) is 148 cm³/mol. The summed E-state index contributed by atoms with van der Waals surface area (Å²) in [5, 5.41) is 11.6. The first-order valence-electron chi connectivity index (χ1n) is 13.5. The molecule has 4 fully saturated rings. The molecular formula is C33H37NO2. The smallest absolute Gasteiger partial charge is 0.128 e. The summed E-state index contributed by atoms with van der Waals surface area (Å²) in [6.07, 6.45) is 9.78. The number of hydrogen-bond donors (Lipinski definition) is 1. The maximum Gasteiger partial charge on any atom is 0.128 e. The van der Waals surface area contributed by atoms with Crippen LogP contribution in [-0.4, -0.2) is 18.4 Å². The van der Waals surface area contributed by atoms with Crippen molar-refractivity contribution in [2.45, 2.75) is 64.7 Å². The molecule has 4 saturated carbocycles. The molecule has 3 heteroatoms. The molecule has 4 bridgehead atoms. The Labute approximate surface area is 215 Å². The van der Waals surface area contributed by atoms with Crippen molar-refractivity contribution in [2.75, 3.05) is 7.11 Å². The molecule has 0 amide bonds. The van der Waals surface area contributed by atoms with E-state index in [-0.39, 0.29) is 5.41 Å². The highest BCUT2D eigenvalue weighted by molar-refractivity contribution is 5.90. The predicted octanol–water partition coefficient (Wildman–Crippen LogP) is 8.21. The van der Waals surface area contributed by atoms with Crippen LogP contribution < -0.4 is 4.74 Å². The number of hydrogen-bond acceptors (Lipinski definition) is 3. The number of benzene rings is 3. The molecule has 7 rings (SSSR count). The molecule has 4 aliphatic carbocycles. The van der Waals surface area contributed by atoms with E-state index in [1.54, 1.807) is 7.11 Å². The van der Waals surface area contributed by atoms with Crippen molar-refractivity contribution >= 4 is 11.9 Å². The van der Waals surface area contributed by atoms with Crippen molar-refractivity contribution in [3.8, 4) is 22.6 Å². The quantitative estimate of drug-likeness (QED) is 0.375. The zero-order chi connectivity index (χ0) is 25.0. The minimum absolute atomic E-state index is 0.151. The van der Waals surface area contributed by atoms with Gasteiger partial charge in [-0.3, -0.25) is 4.99 Å². The van der Waals surface area contributed by atoms with Crippen LogP contribution in [-0.2, 0) is 5.41 Å². The second-order valence-corrected chi connectivity index (χ2v) is 11.9. The van der Waals surface area contributed by atoms with Crippen LogP contribution in [0.2, 0.25) is 0 Å². The summed E-state index contributed by atoms with van der Waals surface area (Å²) in [6.45, 7) is 6.36. The van der Waals surface area contributed by atoms with E-state index < -0.39 is 0 Å². The van der Waals surface area contributed by atoms with Crippen molar-refractivity contribution in [2.24, 2.45) is 22.7 Å². The van der Waals surface area contributed by atoms with Crippen LogP contribution in [0.25, 0.3) is 11.1 Å². The van der Waals surface area contributed by atoms with Crippen LogP contribution in [0.5, 0.6) is 11.5 Å². The topological polar surface area (TPSA) is 41.8 Å². The maximum absolute atomic E-state index is 11.6. The van der Waals surface area contributed by atoms with E-state index in [2.05, 4.69) is 51.1 Å². The van der Waals surface area contributed by atoms with Gasteiger partial charge < -0.3 is 9.84 Å². The van der Waals surface area contributed by atoms with E-state index in [1.165, 1.54) is 55.2 Å². The Hall–Kier alpha value is -3.07. The zero-order valence-electron chi connectivity index (χ0n) is 22.0. The first-order chi connectivity index (χ1) is 17.3. The molecule has 0 spiro atoms. The Morgan fingerprint density at radius 3 is 2.19 bits per heavy atom. The van der Waals surface area contributed by atoms with Gasteiger partial charge in [-0.05, 0) is 117 Å². The number of ether oxygens (including phenoxy) is 1. The van der Waals surface area contributed by atoms with Crippen LogP contribution in [0.15, 0.2) is 53.5 Å². The van der Waals surface area contributed by atoms with E-state index in [0.717, 1.165) is 51.4 Å². The van der Waals surface area contributed by atoms with Crippen LogP contribution in [0.4, 0.5) is 5.69 Å². The fourth-order valence-electron chi connectivity index (χ4n) is 8.12. The largest absolute Gasteiger partial charge is 0.507 e. The molecule has 0 radical (unpaired) electrons. The Bertz CT molecular complexity index is 1320. The summed E-state index contributed by atoms with van der Waals surface area (Å²) in [5.74, 6) is 3.82. The van der Waals surface area contributed by atoms with Gasteiger partial charge in [-0.15, -0.1) is 0 Å². The molecule has 0 atom stereocenters. The van der Waals surface area contributed by atoms with Gasteiger partial charge in [0.25, 0.3) is 0 Å². The highest BCUT2D eigenvalue weighted by atomic mass is 16.5. The van der Waals surface area contributed by atoms with Gasteiger partial charge in [-0.1, -0.05) is 30.3 Å². The van der Waals surface area contributed by atoms with Gasteiger partial charge in [-0.2, -0.15) is 0 Å². The number of rotatable bonds is 5. The summed E-state index contributed by atoms with van der Waals surface area (Å²) in [6, 6.07) is 16.8. The lowest BCUT2D eigenvalue weighted by Gasteiger charge is -2.57. The Balaban J connectivity index is 1.40. The summed E-state index contributed by atoms with van der Waals surface area (Å²) >= 11 is 0. The second-order valence-electron chi connectivity index (χ2n) is 11.9. The van der Waals surface area contributed by atoms with Crippen molar-refractivity contribution in [1.82, 2.24) is 0 Å². The number of nitrogens with zero attached hydrogens (tertiary/aromatic N) is 1. The highest BCUT2D eigenvalue weighted by Gasteiger charge is 2.52. The fraction of sp³-hybridized carbons (Fsp3) is 0.424. The van der Waals surface area contributed by atoms with E-state index in [0.29, 0.717) is 5.75 Å². The molecule has 3 aromatic carbocycles. The number of phenolic OH excluding ortho intramolecular Hbond substituents is 1. The van der Waals surface area contributed by atoms with Gasteiger partial charge in [0.2, 0.25) is 0 Å². The van der Waals surface area contributed by atoms with Gasteiger partial charge in [-0.25, -0.2) is 0 Å². The highest BCUT2D eigenvalue weighted by Crippen LogP contribution is 2.62. The van der Waals surface area contributed by atoms with Crippen molar-refractivity contribution in [1.29, 1.82) is 0 Å². The molecule has 3 nitrogen and oxygen atoms in total. The number of para-hydroxylation sites is 1. The van der Waals surface area contributed by atoms with Crippen LogP contribution in [0, 0.1) is 38.5 Å². The standard InChI is InChI=1S/C33H37NO2/c1-20-9-22(3)31(30(12-20)36-4)27-7-5-6-8-29(27)34-19-26-10-21(2)11-28(32(26)35)33-16-23-13-24(17-33)15-25(14-23)18-33/h5-12,19,23-25,35H,13-18H2,1-4H3. The van der Waals surface area contributed by atoms with Crippen molar-refractivity contribution < 1.29 is 9.84 Å². The van der Waals surface area contributed by atoms with E-state index in [4.69, 9.17) is 9.73 Å². The molecule has 0 aromatic heterocycles. The third kappa shape index (κ3) is 3.93. The van der Waals surface area contributed by atoms with Crippen molar-refractivity contribution in [3.63, 3.8) is 0 Å². The summed E-state index contributed by atoms with van der Waals surface area (Å²) < 4.78 is 5.75. The molecule has 4 aliphatic rings. The Kier molecular flexibility index (Phi) is 5.70. The van der Waals surface area contributed by atoms with Gasteiger partial charge in [0.05, 0.1) is 12.8 Å². The maximum atomic E-state index is 11.6. The Morgan fingerprint density at radius 2 is 1.53 bits per heavy atom. The second kappa shape index (κ2) is 8.80. The molecule has 3 aromatic rings. The summed E-state index contributed by atoms with van der Waals surface area (Å²) in [7, 11) is 1.72. The molecule has 0 aliphatic heterocycles. The fourth-order valence-corrected chi connectivity index (χ4v) is 8.12. The minimum atomic E-state index is 0.151. The molecule has 0 saturated heterocycles. The first-order valence-corrected chi connectivity index (χ1v) is 13.5. The molecule has 0 unspecified atom stereocenters. The molecule has 186 valence electrons. The normalized spacial score (nSPS) is 26.6. The number of methoxy groups -OCH3 is 1. The first kappa shape index (κ1) is 23.3. The van der Waals surface area contributed by atoms with Gasteiger partial charge >= 0.3 is 0 Å². The van der Waals surface area contributed by atoms with Gasteiger partial charge in [0.1, 0.15) is 11.5 Å². The SMILES string of the molecule is COc1cc(C)cc(C)c1-c1ccccc1N=Cc1cc(C)cc(C23CC4CC(CC(C4)C2)C3)c1O. The summed E-state index contributed by atoms with van der Waals surface area (Å²) in [4.78, 5) is 4.94. The third-order valence-corrected chi connectivity index (χ3v) is 9.07. The minimum Gasteiger partial charge on any atom is -0.507 e. The van der Waals surface area contributed by atoms with Gasteiger partial charge in [0.15, 0.2) is 0 Å². The molecule has 36 heavy (non-hydrogen) atoms. The van der Waals surface area contributed by atoms with Crippen LogP contribution in [0.3, 0.4) is 0 Å². The van der Waals surface area contributed by atoms with Crippen molar-refractivity contribution in [3.05, 3.63) is 76.3 Å². The molecule has 0 heterocycles. The lowest BCUT2D eigenvalue weighted by atomic mass is 9.48. The van der Waals surface area contributed by atoms with E-state index in [1.807, 2.05) is 24.4 Å². The Morgan fingerprint density at radius 1 is 0.889 bits per heavy atom. The number of phenols is 1.